The summed E-state index contributed by atoms with van der Waals surface area (Å²) in [7, 11) is 0. The summed E-state index contributed by atoms with van der Waals surface area (Å²) in [4.78, 5) is 6.55. The summed E-state index contributed by atoms with van der Waals surface area (Å²) in [5.41, 5.74) is 1.10. The molecule has 0 aromatic heterocycles. The maximum absolute atomic E-state index is 5.26. The van der Waals surface area contributed by atoms with Gasteiger partial charge in [-0.05, 0) is 11.5 Å². The maximum Gasteiger partial charge on any atom is 0.213 e. The summed E-state index contributed by atoms with van der Waals surface area (Å²) in [5, 5.41) is 2.05. The minimum atomic E-state index is 0.823. The maximum atomic E-state index is 5.26. The molecule has 0 aromatic carbocycles. The Kier molecular flexibility index (Phi) is 2.81. The van der Waals surface area contributed by atoms with Crippen molar-refractivity contribution in [3.63, 3.8) is 0 Å². The molecule has 2 rings (SSSR count). The molecule has 0 atom stereocenters. The average Bonchev–Trinajstić information content (AvgIpc) is 2.21. The third kappa shape index (κ3) is 1.88. The summed E-state index contributed by atoms with van der Waals surface area (Å²) < 4.78 is 5.26. The predicted molar refractivity (Wildman–Crippen MR) is 50.9 cm³/mol. The van der Waals surface area contributed by atoms with Gasteiger partial charge in [-0.2, -0.15) is 0 Å². The highest BCUT2D eigenvalue weighted by atomic mass is 32.2. The first-order valence-corrected chi connectivity index (χ1v) is 4.90. The van der Waals surface area contributed by atoms with Crippen molar-refractivity contribution >= 4 is 18.0 Å². The summed E-state index contributed by atoms with van der Waals surface area (Å²) in [5.74, 6) is 0. The van der Waals surface area contributed by atoms with Crippen molar-refractivity contribution in [2.45, 2.75) is 0 Å². The Morgan fingerprint density at radius 3 is 2.92 bits per heavy atom. The fraction of sp³-hybridized carbons (Fsp3) is 0.500. The lowest BCUT2D eigenvalue weighted by atomic mass is 10.4. The van der Waals surface area contributed by atoms with Crippen molar-refractivity contribution < 1.29 is 4.74 Å². The Morgan fingerprint density at radius 2 is 2.25 bits per heavy atom. The molecule has 1 radical (unpaired) electrons. The number of aliphatic imine (C=N–C) groups is 1. The molecule has 3 nitrogen and oxygen atoms in total. The normalized spacial score (nSPS) is 26.3. The van der Waals surface area contributed by atoms with Crippen molar-refractivity contribution in [1.29, 1.82) is 0 Å². The number of thioether (sulfide) groups is 1. The van der Waals surface area contributed by atoms with Crippen molar-refractivity contribution in [2.75, 3.05) is 26.3 Å². The van der Waals surface area contributed by atoms with Crippen molar-refractivity contribution in [3.8, 4) is 0 Å². The van der Waals surface area contributed by atoms with Gasteiger partial charge < -0.3 is 4.74 Å². The number of morpholine rings is 1. The zero-order valence-corrected chi connectivity index (χ0v) is 7.59. The monoisotopic (exact) mass is 183 g/mol. The van der Waals surface area contributed by atoms with Gasteiger partial charge in [-0.3, -0.25) is 9.89 Å². The second kappa shape index (κ2) is 4.07. The first kappa shape index (κ1) is 8.29. The number of hydrogen-bond acceptors (Lipinski definition) is 4. The zero-order chi connectivity index (χ0) is 8.23. The molecule has 0 saturated carbocycles. The number of allylic oxidation sites excluding steroid dienone is 1. The third-order valence-corrected chi connectivity index (χ3v) is 2.67. The van der Waals surface area contributed by atoms with Crippen molar-refractivity contribution in [3.05, 3.63) is 17.0 Å². The molecule has 2 heterocycles. The molecule has 4 heteroatoms. The van der Waals surface area contributed by atoms with Crippen LogP contribution in [-0.4, -0.2) is 37.4 Å². The van der Waals surface area contributed by atoms with Crippen LogP contribution in [0, 0.1) is 5.50 Å². The van der Waals surface area contributed by atoms with Crippen LogP contribution in [-0.2, 0) is 4.74 Å². The number of nitrogens with zero attached hydrogens (tertiary/aromatic N) is 2. The second-order valence-corrected chi connectivity index (χ2v) is 3.48. The first-order valence-electron chi connectivity index (χ1n) is 4.02. The molecule has 0 aliphatic carbocycles. The fourth-order valence-electron chi connectivity index (χ4n) is 1.18. The van der Waals surface area contributed by atoms with Crippen LogP contribution < -0.4 is 0 Å². The smallest absolute Gasteiger partial charge is 0.213 e. The van der Waals surface area contributed by atoms with Crippen LogP contribution in [0.4, 0.5) is 0 Å². The topological polar surface area (TPSA) is 24.8 Å². The molecule has 2 aliphatic rings. The van der Waals surface area contributed by atoms with Crippen LogP contribution in [0.2, 0.25) is 0 Å². The lowest BCUT2D eigenvalue weighted by Crippen LogP contribution is -2.37. The average molecular weight is 183 g/mol. The molecule has 12 heavy (non-hydrogen) atoms. The Balaban J connectivity index is 1.90. The molecule has 1 saturated heterocycles. The van der Waals surface area contributed by atoms with E-state index in [0.717, 1.165) is 31.8 Å². The minimum Gasteiger partial charge on any atom is -0.379 e. The van der Waals surface area contributed by atoms with Gasteiger partial charge >= 0.3 is 0 Å². The summed E-state index contributed by atoms with van der Waals surface area (Å²) in [6.45, 7) is 3.58. The summed E-state index contributed by atoms with van der Waals surface area (Å²) >= 11 is 1.68. The minimum absolute atomic E-state index is 0.823. The number of rotatable bonds is 1. The van der Waals surface area contributed by atoms with Gasteiger partial charge in [0.15, 0.2) is 0 Å². The van der Waals surface area contributed by atoms with E-state index in [0.29, 0.717) is 0 Å². The molecule has 0 amide bonds. The van der Waals surface area contributed by atoms with E-state index in [1.165, 1.54) is 0 Å². The van der Waals surface area contributed by atoms with Crippen LogP contribution in [0.1, 0.15) is 0 Å². The molecule has 0 bridgehead atoms. The predicted octanol–water partition coefficient (Wildman–Crippen LogP) is 1.10. The van der Waals surface area contributed by atoms with Crippen LogP contribution >= 0.6 is 11.8 Å². The number of ether oxygens (including phenoxy) is 1. The zero-order valence-electron chi connectivity index (χ0n) is 6.77. The highest BCUT2D eigenvalue weighted by Crippen LogP contribution is 2.28. The highest BCUT2D eigenvalue weighted by Gasteiger charge is 2.21. The third-order valence-electron chi connectivity index (χ3n) is 1.80. The van der Waals surface area contributed by atoms with E-state index in [1.54, 1.807) is 11.8 Å². The Labute approximate surface area is 76.5 Å². The van der Waals surface area contributed by atoms with E-state index in [2.05, 4.69) is 15.3 Å². The molecular weight excluding hydrogens is 172 g/mol. The lowest BCUT2D eigenvalue weighted by Gasteiger charge is -2.30. The standard InChI is InChI=1S/C8H11N2OS/c1-2-9-8(12-7-1)10-3-5-11-6-4-10/h1-2,7H,3-6H2. The fourth-order valence-corrected chi connectivity index (χ4v) is 1.91. The van der Waals surface area contributed by atoms with Crippen LogP contribution in [0.3, 0.4) is 0 Å². The van der Waals surface area contributed by atoms with E-state index in [-0.39, 0.29) is 0 Å². The molecule has 0 spiro atoms. The molecule has 0 N–H and O–H groups in total. The van der Waals surface area contributed by atoms with E-state index in [1.807, 2.05) is 12.3 Å². The van der Waals surface area contributed by atoms with Crippen molar-refractivity contribution in [2.24, 2.45) is 4.99 Å². The largest absolute Gasteiger partial charge is 0.379 e. The molecule has 0 unspecified atom stereocenters. The highest BCUT2D eigenvalue weighted by molar-refractivity contribution is 8.04. The van der Waals surface area contributed by atoms with Crippen LogP contribution in [0.5, 0.6) is 0 Å². The van der Waals surface area contributed by atoms with E-state index >= 15 is 0 Å². The quantitative estimate of drug-likeness (QED) is 0.608. The van der Waals surface area contributed by atoms with Gasteiger partial charge in [0.2, 0.25) is 5.50 Å². The summed E-state index contributed by atoms with van der Waals surface area (Å²) in [6, 6.07) is 0. The van der Waals surface area contributed by atoms with Gasteiger partial charge in [0, 0.05) is 19.3 Å². The Hall–Kier alpha value is -0.320. The Morgan fingerprint density at radius 1 is 1.42 bits per heavy atom. The first-order chi connectivity index (χ1) is 5.97. The van der Waals surface area contributed by atoms with Gasteiger partial charge in [-0.25, -0.2) is 0 Å². The van der Waals surface area contributed by atoms with Gasteiger partial charge in [-0.1, -0.05) is 11.8 Å². The van der Waals surface area contributed by atoms with Gasteiger partial charge in [0.05, 0.1) is 13.2 Å². The molecule has 65 valence electrons. The number of hydrogen-bond donors (Lipinski definition) is 0. The molecule has 0 aromatic rings. The summed E-state index contributed by atoms with van der Waals surface area (Å²) in [6.07, 6.45) is 3.79. The van der Waals surface area contributed by atoms with Crippen LogP contribution in [0.15, 0.2) is 16.5 Å². The van der Waals surface area contributed by atoms with Crippen LogP contribution in [0.25, 0.3) is 0 Å². The molecule has 2 aliphatic heterocycles. The second-order valence-electron chi connectivity index (χ2n) is 2.61. The van der Waals surface area contributed by atoms with Gasteiger partial charge in [0.25, 0.3) is 0 Å². The van der Waals surface area contributed by atoms with E-state index < -0.39 is 0 Å². The van der Waals surface area contributed by atoms with Gasteiger partial charge in [0.1, 0.15) is 0 Å². The lowest BCUT2D eigenvalue weighted by molar-refractivity contribution is 0.0485. The van der Waals surface area contributed by atoms with Crippen molar-refractivity contribution in [1.82, 2.24) is 4.90 Å². The molecular formula is C8H11N2OS. The molecule has 1 fully saturated rings. The Bertz CT molecular complexity index is 199. The van der Waals surface area contributed by atoms with Gasteiger partial charge in [-0.15, -0.1) is 0 Å². The SMILES string of the molecule is C1=CS[C](N2CCOCC2)N=C1. The van der Waals surface area contributed by atoms with E-state index in [9.17, 15) is 0 Å². The van der Waals surface area contributed by atoms with E-state index in [4.69, 9.17) is 4.74 Å².